The minimum absolute atomic E-state index is 0.0791. The van der Waals surface area contributed by atoms with E-state index < -0.39 is 0 Å². The molecule has 6 heteroatoms. The number of amides is 1. The van der Waals surface area contributed by atoms with Crippen LogP contribution in [-0.2, 0) is 7.05 Å². The van der Waals surface area contributed by atoms with Gasteiger partial charge >= 0.3 is 0 Å². The van der Waals surface area contributed by atoms with E-state index in [1.807, 2.05) is 24.3 Å². The molecule has 1 aromatic carbocycles. The van der Waals surface area contributed by atoms with Crippen molar-refractivity contribution in [3.05, 3.63) is 82.5 Å². The van der Waals surface area contributed by atoms with Crippen molar-refractivity contribution in [1.29, 1.82) is 0 Å². The molecule has 2 heterocycles. The molecule has 2 N–H and O–H groups in total. The maximum Gasteiger partial charge on any atom is 0.255 e. The summed E-state index contributed by atoms with van der Waals surface area (Å²) in [4.78, 5) is 28.0. The Morgan fingerprint density at radius 1 is 1.00 bits per heavy atom. The van der Waals surface area contributed by atoms with E-state index in [4.69, 9.17) is 0 Å². The summed E-state index contributed by atoms with van der Waals surface area (Å²) in [6.07, 6.45) is 5.02. The third kappa shape index (κ3) is 3.92. The molecule has 0 fully saturated rings. The minimum atomic E-state index is -0.228. The fraction of sp³-hybridized carbons (Fsp3) is 0.105. The minimum Gasteiger partial charge on any atom is -0.355 e. The van der Waals surface area contributed by atoms with Crippen LogP contribution >= 0.6 is 0 Å². The average Bonchev–Trinajstić information content (AvgIpc) is 2.61. The number of nitrogens with zero attached hydrogens (tertiary/aromatic N) is 2. The number of aromatic nitrogens is 2. The third-order valence-electron chi connectivity index (χ3n) is 3.74. The number of pyridine rings is 2. The fourth-order valence-corrected chi connectivity index (χ4v) is 2.46. The number of anilines is 3. The van der Waals surface area contributed by atoms with Crippen LogP contribution in [0.5, 0.6) is 0 Å². The van der Waals surface area contributed by atoms with E-state index in [0.717, 1.165) is 11.4 Å². The van der Waals surface area contributed by atoms with Crippen molar-refractivity contribution in [2.45, 2.75) is 6.92 Å². The van der Waals surface area contributed by atoms with Gasteiger partial charge in [-0.15, -0.1) is 0 Å². The second-order valence-electron chi connectivity index (χ2n) is 5.72. The summed E-state index contributed by atoms with van der Waals surface area (Å²) in [7, 11) is 1.66. The van der Waals surface area contributed by atoms with Gasteiger partial charge in [-0.1, -0.05) is 0 Å². The van der Waals surface area contributed by atoms with Crippen molar-refractivity contribution >= 4 is 23.0 Å². The Morgan fingerprint density at radius 3 is 2.28 bits per heavy atom. The molecule has 6 nitrogen and oxygen atoms in total. The quantitative estimate of drug-likeness (QED) is 0.769. The highest BCUT2D eigenvalue weighted by Gasteiger charge is 2.08. The van der Waals surface area contributed by atoms with Crippen LogP contribution < -0.4 is 16.2 Å². The van der Waals surface area contributed by atoms with Crippen LogP contribution in [0.2, 0.25) is 0 Å². The molecule has 1 amide bonds. The molecule has 25 heavy (non-hydrogen) atoms. The van der Waals surface area contributed by atoms with Crippen LogP contribution in [0.1, 0.15) is 15.9 Å². The van der Waals surface area contributed by atoms with Gasteiger partial charge in [0.25, 0.3) is 11.5 Å². The van der Waals surface area contributed by atoms with Gasteiger partial charge in [0.15, 0.2) is 0 Å². The van der Waals surface area contributed by atoms with Gasteiger partial charge in [0.1, 0.15) is 0 Å². The summed E-state index contributed by atoms with van der Waals surface area (Å²) < 4.78 is 1.45. The Balaban J connectivity index is 1.72. The van der Waals surface area contributed by atoms with Gasteiger partial charge in [0.2, 0.25) is 0 Å². The first-order chi connectivity index (χ1) is 12.0. The topological polar surface area (TPSA) is 76.0 Å². The number of hydrogen-bond acceptors (Lipinski definition) is 4. The number of rotatable bonds is 4. The largest absolute Gasteiger partial charge is 0.355 e. The number of benzene rings is 1. The van der Waals surface area contributed by atoms with Gasteiger partial charge in [-0.05, 0) is 49.4 Å². The fourth-order valence-electron chi connectivity index (χ4n) is 2.46. The lowest BCUT2D eigenvalue weighted by molar-refractivity contribution is 0.102. The zero-order chi connectivity index (χ0) is 17.8. The molecule has 3 rings (SSSR count). The highest BCUT2D eigenvalue weighted by Crippen LogP contribution is 2.17. The zero-order valence-corrected chi connectivity index (χ0v) is 14.0. The van der Waals surface area contributed by atoms with Gasteiger partial charge in [-0.3, -0.25) is 14.6 Å². The predicted octanol–water partition coefficient (Wildman–Crippen LogP) is 3.08. The van der Waals surface area contributed by atoms with Crippen molar-refractivity contribution in [1.82, 2.24) is 9.55 Å². The number of carbonyl (C=O) groups is 1. The number of hydrogen-bond donors (Lipinski definition) is 2. The van der Waals surface area contributed by atoms with E-state index in [1.54, 1.807) is 50.8 Å². The van der Waals surface area contributed by atoms with Crippen LogP contribution in [0, 0.1) is 6.92 Å². The Bertz CT molecular complexity index is 921. The summed E-state index contributed by atoms with van der Waals surface area (Å²) in [6.45, 7) is 1.72. The first-order valence-corrected chi connectivity index (χ1v) is 7.79. The van der Waals surface area contributed by atoms with Crippen LogP contribution in [0.15, 0.2) is 65.8 Å². The van der Waals surface area contributed by atoms with Gasteiger partial charge < -0.3 is 15.2 Å². The molecule has 0 radical (unpaired) electrons. The highest BCUT2D eigenvalue weighted by atomic mass is 16.1. The summed E-state index contributed by atoms with van der Waals surface area (Å²) in [5.41, 5.74) is 3.42. The molecule has 0 bridgehead atoms. The lowest BCUT2D eigenvalue weighted by atomic mass is 10.2. The van der Waals surface area contributed by atoms with Crippen molar-refractivity contribution in [3.8, 4) is 0 Å². The molecule has 3 aromatic rings. The van der Waals surface area contributed by atoms with E-state index in [-0.39, 0.29) is 11.5 Å². The molecule has 2 aromatic heterocycles. The zero-order valence-electron chi connectivity index (χ0n) is 14.0. The second kappa shape index (κ2) is 7.00. The number of nitrogens with one attached hydrogen (secondary N) is 2. The summed E-state index contributed by atoms with van der Waals surface area (Å²) >= 11 is 0. The molecule has 0 saturated heterocycles. The van der Waals surface area contributed by atoms with Crippen LogP contribution in [0.4, 0.5) is 17.1 Å². The number of carbonyl (C=O) groups excluding carboxylic acids is 1. The number of aryl methyl sites for hydroxylation is 2. The monoisotopic (exact) mass is 334 g/mol. The molecule has 0 spiro atoms. The van der Waals surface area contributed by atoms with Crippen molar-refractivity contribution in [2.24, 2.45) is 7.05 Å². The third-order valence-corrected chi connectivity index (χ3v) is 3.74. The molecule has 0 aliphatic heterocycles. The second-order valence-corrected chi connectivity index (χ2v) is 5.72. The van der Waals surface area contributed by atoms with E-state index in [0.29, 0.717) is 16.8 Å². The van der Waals surface area contributed by atoms with Crippen LogP contribution in [-0.4, -0.2) is 15.5 Å². The Morgan fingerprint density at radius 2 is 1.64 bits per heavy atom. The molecule has 0 aliphatic rings. The van der Waals surface area contributed by atoms with Crippen molar-refractivity contribution in [3.63, 3.8) is 0 Å². The van der Waals surface area contributed by atoms with Crippen LogP contribution in [0.3, 0.4) is 0 Å². The molecular weight excluding hydrogens is 316 g/mol. The van der Waals surface area contributed by atoms with Crippen molar-refractivity contribution < 1.29 is 4.79 Å². The molecule has 0 atom stereocenters. The standard InChI is InChI=1S/C19H18N4O2/c1-13-11-17(12-23(2)19(13)25)22-18(24)14-3-5-15(6-4-14)21-16-7-9-20-10-8-16/h3-12H,1-2H3,(H,20,21)(H,22,24). The molecule has 0 aliphatic carbocycles. The smallest absolute Gasteiger partial charge is 0.255 e. The summed E-state index contributed by atoms with van der Waals surface area (Å²) in [6, 6.07) is 12.6. The molecule has 0 saturated carbocycles. The van der Waals surface area contributed by atoms with E-state index >= 15 is 0 Å². The first kappa shape index (κ1) is 16.4. The molecule has 0 unspecified atom stereocenters. The SMILES string of the molecule is Cc1cc(NC(=O)c2ccc(Nc3ccncc3)cc2)cn(C)c1=O. The summed E-state index contributed by atoms with van der Waals surface area (Å²) in [5.74, 6) is -0.228. The van der Waals surface area contributed by atoms with Gasteiger partial charge in [0.05, 0.1) is 5.69 Å². The maximum absolute atomic E-state index is 12.4. The van der Waals surface area contributed by atoms with Gasteiger partial charge in [0, 0.05) is 48.1 Å². The summed E-state index contributed by atoms with van der Waals surface area (Å²) in [5, 5.41) is 6.04. The molecular formula is C19H18N4O2. The van der Waals surface area contributed by atoms with Crippen LogP contribution in [0.25, 0.3) is 0 Å². The molecule has 126 valence electrons. The average molecular weight is 334 g/mol. The maximum atomic E-state index is 12.4. The van der Waals surface area contributed by atoms with Crippen molar-refractivity contribution in [2.75, 3.05) is 10.6 Å². The lowest BCUT2D eigenvalue weighted by Crippen LogP contribution is -2.20. The Hall–Kier alpha value is -3.41. The highest BCUT2D eigenvalue weighted by molar-refractivity contribution is 6.04. The van der Waals surface area contributed by atoms with E-state index in [2.05, 4.69) is 15.6 Å². The Labute approximate surface area is 145 Å². The van der Waals surface area contributed by atoms with E-state index in [9.17, 15) is 9.59 Å². The normalized spacial score (nSPS) is 10.3. The first-order valence-electron chi connectivity index (χ1n) is 7.79. The Kier molecular flexibility index (Phi) is 4.61. The van der Waals surface area contributed by atoms with E-state index in [1.165, 1.54) is 4.57 Å². The van der Waals surface area contributed by atoms with Gasteiger partial charge in [-0.25, -0.2) is 0 Å². The van der Waals surface area contributed by atoms with Gasteiger partial charge in [-0.2, -0.15) is 0 Å². The lowest BCUT2D eigenvalue weighted by Gasteiger charge is -2.09. The predicted molar refractivity (Wildman–Crippen MR) is 98.3 cm³/mol.